The van der Waals surface area contributed by atoms with Gasteiger partial charge in [0, 0.05) is 26.1 Å². The van der Waals surface area contributed by atoms with Crippen molar-refractivity contribution in [2.45, 2.75) is 71.4 Å². The Balaban J connectivity index is 3.55. The Morgan fingerprint density at radius 3 is 1.19 bits per heavy atom. The maximum atomic E-state index is 11.7. The second-order valence-electron chi connectivity index (χ2n) is 8.05. The van der Waals surface area contributed by atoms with Gasteiger partial charge in [-0.3, -0.25) is 9.59 Å². The summed E-state index contributed by atoms with van der Waals surface area (Å²) in [6, 6.07) is 0. The minimum Gasteiger partial charge on any atom is -0.433 e. The highest BCUT2D eigenvalue weighted by atomic mass is 16.7. The molecular formula is C25H48O12. The van der Waals surface area contributed by atoms with E-state index in [1.165, 1.54) is 0 Å². The van der Waals surface area contributed by atoms with E-state index in [1.807, 2.05) is 0 Å². The van der Waals surface area contributed by atoms with E-state index in [4.69, 9.17) is 37.9 Å². The summed E-state index contributed by atoms with van der Waals surface area (Å²) < 4.78 is 41.3. The Labute approximate surface area is 220 Å². The first kappa shape index (κ1) is 35.6. The lowest BCUT2D eigenvalue weighted by Crippen LogP contribution is -2.25. The Morgan fingerprint density at radius 2 is 0.838 bits per heavy atom. The highest BCUT2D eigenvalue weighted by molar-refractivity contribution is 5.72. The van der Waals surface area contributed by atoms with Crippen LogP contribution in [0.15, 0.2) is 0 Å². The van der Waals surface area contributed by atoms with Crippen LogP contribution in [0.3, 0.4) is 0 Å². The molecule has 0 fully saturated rings. The highest BCUT2D eigenvalue weighted by Crippen LogP contribution is 2.03. The molecule has 2 atom stereocenters. The Morgan fingerprint density at radius 1 is 0.514 bits per heavy atom. The predicted molar refractivity (Wildman–Crippen MR) is 133 cm³/mol. The van der Waals surface area contributed by atoms with Gasteiger partial charge in [-0.1, -0.05) is 26.7 Å². The van der Waals surface area contributed by atoms with E-state index in [2.05, 4.69) is 13.8 Å². The third kappa shape index (κ3) is 27.5. The second kappa shape index (κ2) is 27.6. The van der Waals surface area contributed by atoms with Crippen LogP contribution in [0.2, 0.25) is 0 Å². The van der Waals surface area contributed by atoms with Crippen molar-refractivity contribution in [2.75, 3.05) is 79.3 Å². The minimum atomic E-state index is -1.41. The van der Waals surface area contributed by atoms with E-state index in [1.54, 1.807) is 0 Å². The first-order chi connectivity index (χ1) is 18.0. The van der Waals surface area contributed by atoms with Crippen molar-refractivity contribution in [3.05, 3.63) is 0 Å². The lowest BCUT2D eigenvalue weighted by Gasteiger charge is -2.14. The summed E-state index contributed by atoms with van der Waals surface area (Å²) >= 11 is 0. The van der Waals surface area contributed by atoms with E-state index in [0.717, 1.165) is 38.9 Å². The molecule has 0 aromatic rings. The van der Waals surface area contributed by atoms with Gasteiger partial charge in [0.05, 0.1) is 52.9 Å². The fourth-order valence-corrected chi connectivity index (χ4v) is 2.61. The van der Waals surface area contributed by atoms with Gasteiger partial charge < -0.3 is 48.1 Å². The monoisotopic (exact) mass is 540 g/mol. The van der Waals surface area contributed by atoms with Crippen LogP contribution in [0.5, 0.6) is 0 Å². The van der Waals surface area contributed by atoms with Crippen molar-refractivity contribution < 1.29 is 57.7 Å². The molecule has 0 saturated heterocycles. The largest absolute Gasteiger partial charge is 0.433 e. The van der Waals surface area contributed by atoms with Crippen molar-refractivity contribution in [3.63, 3.8) is 0 Å². The van der Waals surface area contributed by atoms with Crippen LogP contribution in [0, 0.1) is 0 Å². The molecule has 220 valence electrons. The van der Waals surface area contributed by atoms with Crippen molar-refractivity contribution in [1.29, 1.82) is 0 Å². The zero-order valence-corrected chi connectivity index (χ0v) is 22.6. The first-order valence-corrected chi connectivity index (χ1v) is 13.2. The van der Waals surface area contributed by atoms with Gasteiger partial charge in [-0.25, -0.2) is 0 Å². The number of esters is 2. The van der Waals surface area contributed by atoms with Crippen LogP contribution >= 0.6 is 0 Å². The lowest BCUT2D eigenvalue weighted by atomic mass is 10.2. The molecule has 0 saturated carbocycles. The van der Waals surface area contributed by atoms with E-state index in [9.17, 15) is 19.8 Å². The zero-order valence-electron chi connectivity index (χ0n) is 22.6. The molecule has 37 heavy (non-hydrogen) atoms. The Kier molecular flexibility index (Phi) is 26.6. The van der Waals surface area contributed by atoms with Crippen molar-refractivity contribution >= 4 is 11.9 Å². The van der Waals surface area contributed by atoms with E-state index in [-0.39, 0.29) is 45.7 Å². The van der Waals surface area contributed by atoms with Gasteiger partial charge in [0.25, 0.3) is 0 Å². The number of rotatable bonds is 28. The topological polar surface area (TPSA) is 148 Å². The number of hydrogen-bond donors (Lipinski definition) is 2. The standard InChI is InChI=1S/C25H48O12/c1-3-5-10-30-12-14-32-16-18-34-20-24(28)36-22(26)8-7-9-23(27)37-25(29)21-35-19-17-33-15-13-31-11-6-4-2/h24-25,28-29H,3-21H2,1-2H3. The molecule has 2 unspecified atom stereocenters. The van der Waals surface area contributed by atoms with Crippen molar-refractivity contribution in [2.24, 2.45) is 0 Å². The average molecular weight is 541 g/mol. The summed E-state index contributed by atoms with van der Waals surface area (Å²) in [6.45, 7) is 8.36. The molecule has 0 aromatic heterocycles. The number of aliphatic hydroxyl groups is 2. The third-order valence-electron chi connectivity index (χ3n) is 4.59. The Bertz CT molecular complexity index is 476. The van der Waals surface area contributed by atoms with Crippen LogP contribution in [0.1, 0.15) is 58.8 Å². The van der Waals surface area contributed by atoms with Crippen LogP contribution in [-0.2, 0) is 47.5 Å². The zero-order chi connectivity index (χ0) is 27.4. The number of unbranched alkanes of at least 4 members (excludes halogenated alkanes) is 2. The highest BCUT2D eigenvalue weighted by Gasteiger charge is 2.15. The first-order valence-electron chi connectivity index (χ1n) is 13.2. The molecule has 12 nitrogen and oxygen atoms in total. The summed E-state index contributed by atoms with van der Waals surface area (Å²) in [5.41, 5.74) is 0. The van der Waals surface area contributed by atoms with E-state index >= 15 is 0 Å². The molecule has 0 spiro atoms. The van der Waals surface area contributed by atoms with Crippen LogP contribution in [0.25, 0.3) is 0 Å². The van der Waals surface area contributed by atoms with Gasteiger partial charge in [0.1, 0.15) is 13.2 Å². The number of carbonyl (C=O) groups is 2. The molecule has 12 heteroatoms. The SMILES string of the molecule is CCCCOCCOCCOCC(O)OC(=O)CCCC(=O)OC(O)COCCOCCOCCCC. The third-order valence-corrected chi connectivity index (χ3v) is 4.59. The van der Waals surface area contributed by atoms with Crippen LogP contribution in [0.4, 0.5) is 0 Å². The summed E-state index contributed by atoms with van der Waals surface area (Å²) in [4.78, 5) is 23.5. The smallest absolute Gasteiger partial charge is 0.308 e. The van der Waals surface area contributed by atoms with Gasteiger partial charge in [-0.15, -0.1) is 0 Å². The number of ether oxygens (including phenoxy) is 8. The second-order valence-corrected chi connectivity index (χ2v) is 8.05. The average Bonchev–Trinajstić information content (AvgIpc) is 2.86. The molecule has 0 bridgehead atoms. The molecule has 0 rings (SSSR count). The molecule has 0 aliphatic heterocycles. The fourth-order valence-electron chi connectivity index (χ4n) is 2.61. The van der Waals surface area contributed by atoms with Crippen LogP contribution in [-0.4, -0.2) is 114 Å². The number of carbonyl (C=O) groups excluding carboxylic acids is 2. The van der Waals surface area contributed by atoms with E-state index < -0.39 is 24.5 Å². The molecule has 0 amide bonds. The van der Waals surface area contributed by atoms with Gasteiger partial charge >= 0.3 is 11.9 Å². The minimum absolute atomic E-state index is 0.0978. The maximum Gasteiger partial charge on any atom is 0.308 e. The summed E-state index contributed by atoms with van der Waals surface area (Å²) in [6.07, 6.45) is 1.34. The van der Waals surface area contributed by atoms with Gasteiger partial charge in [-0.05, 0) is 19.3 Å². The summed E-state index contributed by atoms with van der Waals surface area (Å²) in [5, 5.41) is 19.4. The summed E-state index contributed by atoms with van der Waals surface area (Å²) in [5.74, 6) is -1.35. The number of aliphatic hydroxyl groups excluding tert-OH is 2. The van der Waals surface area contributed by atoms with Crippen molar-refractivity contribution in [1.82, 2.24) is 0 Å². The quantitative estimate of drug-likeness (QED) is 0.0843. The molecule has 0 aromatic carbocycles. The van der Waals surface area contributed by atoms with Crippen molar-refractivity contribution in [3.8, 4) is 0 Å². The molecule has 2 N–H and O–H groups in total. The maximum absolute atomic E-state index is 11.7. The van der Waals surface area contributed by atoms with E-state index in [0.29, 0.717) is 39.6 Å². The van der Waals surface area contributed by atoms with Crippen LogP contribution < -0.4 is 0 Å². The molecule has 0 heterocycles. The molecule has 0 aliphatic carbocycles. The fraction of sp³-hybridized carbons (Fsp3) is 0.920. The summed E-state index contributed by atoms with van der Waals surface area (Å²) in [7, 11) is 0. The predicted octanol–water partition coefficient (Wildman–Crippen LogP) is 1.58. The van der Waals surface area contributed by atoms with Gasteiger partial charge in [0.15, 0.2) is 0 Å². The normalized spacial score (nSPS) is 12.9. The number of hydrogen-bond acceptors (Lipinski definition) is 12. The molecule has 0 radical (unpaired) electrons. The lowest BCUT2D eigenvalue weighted by molar-refractivity contribution is -0.179. The molecule has 0 aliphatic rings. The molecular weight excluding hydrogens is 492 g/mol. The van der Waals surface area contributed by atoms with Gasteiger partial charge in [-0.2, -0.15) is 0 Å². The van der Waals surface area contributed by atoms with Gasteiger partial charge in [0.2, 0.25) is 12.6 Å². The Hall–Kier alpha value is -1.38.